The third-order valence-electron chi connectivity index (χ3n) is 3.68. The molecule has 1 fully saturated rings. The molecule has 2 aromatic rings. The van der Waals surface area contributed by atoms with E-state index in [4.69, 9.17) is 0 Å². The number of sulfonamides is 1. The molecule has 0 N–H and O–H groups in total. The van der Waals surface area contributed by atoms with Crippen LogP contribution in [-0.4, -0.2) is 32.1 Å². The largest absolute Gasteiger partial charge is 0.213 e. The van der Waals surface area contributed by atoms with Gasteiger partial charge < -0.3 is 0 Å². The number of piperidine rings is 1. The maximum Gasteiger partial charge on any atom is 0.211 e. The number of thiophene rings is 2. The van der Waals surface area contributed by atoms with Gasteiger partial charge in [-0.1, -0.05) is 17.7 Å². The van der Waals surface area contributed by atoms with Gasteiger partial charge in [-0.3, -0.25) is 0 Å². The van der Waals surface area contributed by atoms with Crippen LogP contribution >= 0.6 is 22.7 Å². The van der Waals surface area contributed by atoms with Crippen LogP contribution in [0, 0.1) is 0 Å². The van der Waals surface area contributed by atoms with E-state index in [1.165, 1.54) is 27.2 Å². The average Bonchev–Trinajstić information content (AvgIpc) is 3.12. The van der Waals surface area contributed by atoms with Gasteiger partial charge in [0.2, 0.25) is 10.0 Å². The van der Waals surface area contributed by atoms with Gasteiger partial charge in [0.05, 0.1) is 6.26 Å². The molecule has 0 aliphatic carbocycles. The second-order valence-electron chi connectivity index (χ2n) is 5.10. The molecular formula is C15H17NO2S3. The van der Waals surface area contributed by atoms with Crippen LogP contribution in [0.4, 0.5) is 0 Å². The first-order valence-corrected chi connectivity index (χ1v) is 10.4. The molecule has 21 heavy (non-hydrogen) atoms. The molecule has 3 rings (SSSR count). The van der Waals surface area contributed by atoms with Crippen LogP contribution in [0.1, 0.15) is 22.6 Å². The van der Waals surface area contributed by atoms with Crippen molar-refractivity contribution < 1.29 is 8.42 Å². The number of hydrogen-bond donors (Lipinski definition) is 0. The van der Waals surface area contributed by atoms with Crippen molar-refractivity contribution in [3.05, 3.63) is 50.4 Å². The highest BCUT2D eigenvalue weighted by Gasteiger charge is 2.24. The van der Waals surface area contributed by atoms with Crippen molar-refractivity contribution in [3.63, 3.8) is 0 Å². The Kier molecular flexibility index (Phi) is 4.31. The van der Waals surface area contributed by atoms with Crippen molar-refractivity contribution in [1.82, 2.24) is 4.31 Å². The molecule has 0 bridgehead atoms. The van der Waals surface area contributed by atoms with Gasteiger partial charge in [0.25, 0.3) is 0 Å². The Balaban J connectivity index is 1.95. The van der Waals surface area contributed by atoms with Gasteiger partial charge in [-0.25, -0.2) is 12.7 Å². The van der Waals surface area contributed by atoms with Crippen molar-refractivity contribution in [2.24, 2.45) is 0 Å². The van der Waals surface area contributed by atoms with Crippen LogP contribution in [0.25, 0.3) is 5.57 Å². The molecule has 1 aliphatic heterocycles. The summed E-state index contributed by atoms with van der Waals surface area (Å²) in [6.45, 7) is 1.18. The second kappa shape index (κ2) is 6.04. The van der Waals surface area contributed by atoms with Gasteiger partial charge in [0.15, 0.2) is 0 Å². The number of rotatable bonds is 3. The van der Waals surface area contributed by atoms with Crippen LogP contribution in [0.15, 0.2) is 40.6 Å². The van der Waals surface area contributed by atoms with Gasteiger partial charge in [-0.15, -0.1) is 22.7 Å². The summed E-state index contributed by atoms with van der Waals surface area (Å²) >= 11 is 3.49. The predicted molar refractivity (Wildman–Crippen MR) is 90.3 cm³/mol. The minimum atomic E-state index is -3.07. The van der Waals surface area contributed by atoms with E-state index in [0.717, 1.165) is 12.8 Å². The standard InChI is InChI=1S/C15H17NO2S3/c1-21(17,18)16-8-6-12(7-9-16)15(13-4-2-10-19-13)14-5-3-11-20-14/h2-5,10-11H,6-9H2,1H3. The summed E-state index contributed by atoms with van der Waals surface area (Å²) in [6.07, 6.45) is 2.93. The number of nitrogens with zero attached hydrogens (tertiary/aromatic N) is 1. The topological polar surface area (TPSA) is 37.4 Å². The van der Waals surface area contributed by atoms with E-state index >= 15 is 0 Å². The lowest BCUT2D eigenvalue weighted by atomic mass is 9.97. The summed E-state index contributed by atoms with van der Waals surface area (Å²) in [5.41, 5.74) is 2.69. The fraction of sp³-hybridized carbons (Fsp3) is 0.333. The van der Waals surface area contributed by atoms with E-state index in [-0.39, 0.29) is 0 Å². The van der Waals surface area contributed by atoms with Crippen molar-refractivity contribution >= 4 is 38.3 Å². The Morgan fingerprint density at radius 2 is 1.57 bits per heavy atom. The van der Waals surface area contributed by atoms with Crippen LogP contribution in [0.3, 0.4) is 0 Å². The van der Waals surface area contributed by atoms with Crippen molar-refractivity contribution in [3.8, 4) is 0 Å². The molecule has 112 valence electrons. The highest BCUT2D eigenvalue weighted by molar-refractivity contribution is 7.88. The first-order chi connectivity index (χ1) is 10.1. The average molecular weight is 340 g/mol. The molecule has 1 saturated heterocycles. The Morgan fingerprint density at radius 1 is 1.05 bits per heavy atom. The van der Waals surface area contributed by atoms with E-state index in [1.54, 1.807) is 27.0 Å². The summed E-state index contributed by atoms with van der Waals surface area (Å²) in [4.78, 5) is 2.56. The normalized spacial score (nSPS) is 17.1. The first kappa shape index (κ1) is 15.0. The Hall–Kier alpha value is -0.950. The molecule has 0 spiro atoms. The van der Waals surface area contributed by atoms with Crippen LogP contribution in [0.2, 0.25) is 0 Å². The summed E-state index contributed by atoms with van der Waals surface area (Å²) in [7, 11) is -3.07. The van der Waals surface area contributed by atoms with Gasteiger partial charge in [-0.05, 0) is 35.7 Å². The summed E-state index contributed by atoms with van der Waals surface area (Å²) in [5, 5.41) is 4.18. The maximum absolute atomic E-state index is 11.6. The minimum Gasteiger partial charge on any atom is -0.213 e. The summed E-state index contributed by atoms with van der Waals surface area (Å²) < 4.78 is 24.8. The molecule has 0 atom stereocenters. The molecule has 0 aromatic carbocycles. The molecule has 3 heterocycles. The second-order valence-corrected chi connectivity index (χ2v) is 8.97. The van der Waals surface area contributed by atoms with Crippen LogP contribution in [0.5, 0.6) is 0 Å². The molecule has 0 radical (unpaired) electrons. The Morgan fingerprint density at radius 3 is 1.95 bits per heavy atom. The Bertz CT molecular complexity index is 682. The highest BCUT2D eigenvalue weighted by atomic mass is 32.2. The van der Waals surface area contributed by atoms with E-state index in [1.807, 2.05) is 0 Å². The maximum atomic E-state index is 11.6. The third kappa shape index (κ3) is 3.29. The summed E-state index contributed by atoms with van der Waals surface area (Å²) in [5.74, 6) is 0. The van der Waals surface area contributed by atoms with E-state index < -0.39 is 10.0 Å². The molecule has 0 unspecified atom stereocenters. The van der Waals surface area contributed by atoms with Crippen LogP contribution in [-0.2, 0) is 10.0 Å². The fourth-order valence-corrected chi connectivity index (χ4v) is 5.23. The highest BCUT2D eigenvalue weighted by Crippen LogP contribution is 2.36. The smallest absolute Gasteiger partial charge is 0.211 e. The summed E-state index contributed by atoms with van der Waals surface area (Å²) in [6, 6.07) is 8.44. The fourth-order valence-electron chi connectivity index (χ4n) is 2.65. The lowest BCUT2D eigenvalue weighted by molar-refractivity contribution is 0.391. The minimum absolute atomic E-state index is 0.592. The quantitative estimate of drug-likeness (QED) is 0.856. The molecular weight excluding hydrogens is 322 g/mol. The number of hydrogen-bond acceptors (Lipinski definition) is 4. The Labute approximate surface area is 133 Å². The van der Waals surface area contributed by atoms with Crippen molar-refractivity contribution in [2.75, 3.05) is 19.3 Å². The SMILES string of the molecule is CS(=O)(=O)N1CCC(=C(c2cccs2)c2cccs2)CC1. The molecule has 1 aliphatic rings. The van der Waals surface area contributed by atoms with Crippen molar-refractivity contribution in [2.45, 2.75) is 12.8 Å². The van der Waals surface area contributed by atoms with E-state index in [0.29, 0.717) is 13.1 Å². The molecule has 0 amide bonds. The van der Waals surface area contributed by atoms with E-state index in [9.17, 15) is 8.42 Å². The van der Waals surface area contributed by atoms with Gasteiger partial charge >= 0.3 is 0 Å². The zero-order valence-corrected chi connectivity index (χ0v) is 14.2. The van der Waals surface area contributed by atoms with Gasteiger partial charge in [0.1, 0.15) is 0 Å². The molecule has 2 aromatic heterocycles. The molecule has 0 saturated carbocycles. The van der Waals surface area contributed by atoms with Crippen LogP contribution < -0.4 is 0 Å². The third-order valence-corrected chi connectivity index (χ3v) is 6.76. The molecule has 3 nitrogen and oxygen atoms in total. The monoisotopic (exact) mass is 339 g/mol. The van der Waals surface area contributed by atoms with Gasteiger partial charge in [0, 0.05) is 28.4 Å². The van der Waals surface area contributed by atoms with Gasteiger partial charge in [-0.2, -0.15) is 0 Å². The predicted octanol–water partition coefficient (Wildman–Crippen LogP) is 3.67. The lowest BCUT2D eigenvalue weighted by Crippen LogP contribution is -2.35. The zero-order chi connectivity index (χ0) is 14.9. The molecule has 6 heteroatoms. The van der Waals surface area contributed by atoms with Crippen molar-refractivity contribution in [1.29, 1.82) is 0 Å². The van der Waals surface area contributed by atoms with E-state index in [2.05, 4.69) is 35.0 Å². The lowest BCUT2D eigenvalue weighted by Gasteiger charge is -2.27. The first-order valence-electron chi connectivity index (χ1n) is 6.80. The zero-order valence-electron chi connectivity index (χ0n) is 11.8.